The predicted molar refractivity (Wildman–Crippen MR) is 108 cm³/mol. The first-order valence-corrected chi connectivity index (χ1v) is 11.0. The van der Waals surface area contributed by atoms with E-state index in [-0.39, 0.29) is 11.5 Å². The molecule has 0 aliphatic heterocycles. The Kier molecular flexibility index (Phi) is 12.9. The lowest BCUT2D eigenvalue weighted by molar-refractivity contribution is -0.130. The first-order valence-electron chi connectivity index (χ1n) is 10.0. The minimum absolute atomic E-state index is 0.123. The number of rotatable bonds is 15. The molecule has 144 valence electrons. The molecule has 4 heteroatoms. The summed E-state index contributed by atoms with van der Waals surface area (Å²) in [5.41, 5.74) is -0.305. The molecule has 0 aromatic carbocycles. The normalized spacial score (nSPS) is 12.4. The molecule has 0 atom stereocenters. The Morgan fingerprint density at radius 1 is 0.958 bits per heavy atom. The monoisotopic (exact) mass is 359 g/mol. The number of thioether (sulfide) groups is 1. The Bertz CT molecular complexity index is 326. The van der Waals surface area contributed by atoms with E-state index >= 15 is 0 Å². The summed E-state index contributed by atoms with van der Waals surface area (Å²) >= 11 is 2.10. The number of ether oxygens (including phenoxy) is 1. The number of carbonyl (C=O) groups excluding carboxylic acids is 1. The lowest BCUT2D eigenvalue weighted by Crippen LogP contribution is -2.40. The van der Waals surface area contributed by atoms with Crippen molar-refractivity contribution in [3.05, 3.63) is 0 Å². The molecule has 0 heterocycles. The van der Waals surface area contributed by atoms with Gasteiger partial charge in [-0.05, 0) is 50.7 Å². The van der Waals surface area contributed by atoms with Crippen molar-refractivity contribution in [3.63, 3.8) is 0 Å². The summed E-state index contributed by atoms with van der Waals surface area (Å²) in [6.45, 7) is 14.7. The quantitative estimate of drug-likeness (QED) is 0.415. The van der Waals surface area contributed by atoms with Crippen LogP contribution in [-0.2, 0) is 9.53 Å². The van der Waals surface area contributed by atoms with Crippen molar-refractivity contribution in [1.29, 1.82) is 0 Å². The van der Waals surface area contributed by atoms with E-state index in [1.54, 1.807) is 0 Å². The van der Waals surface area contributed by atoms with Gasteiger partial charge in [0.2, 0.25) is 5.91 Å². The molecule has 0 unspecified atom stereocenters. The summed E-state index contributed by atoms with van der Waals surface area (Å²) in [6.07, 6.45) is 7.88. The maximum absolute atomic E-state index is 12.2. The second-order valence-corrected chi connectivity index (χ2v) is 8.32. The van der Waals surface area contributed by atoms with Gasteiger partial charge < -0.3 is 10.1 Å². The lowest BCUT2D eigenvalue weighted by Gasteiger charge is -2.35. The van der Waals surface area contributed by atoms with Gasteiger partial charge in [-0.15, -0.1) is 0 Å². The van der Waals surface area contributed by atoms with Gasteiger partial charge >= 0.3 is 0 Å². The van der Waals surface area contributed by atoms with E-state index in [0.717, 1.165) is 38.8 Å². The molecule has 1 amide bonds. The fourth-order valence-electron chi connectivity index (χ4n) is 3.03. The van der Waals surface area contributed by atoms with Crippen LogP contribution in [0, 0.1) is 0 Å². The fourth-order valence-corrected chi connectivity index (χ4v) is 4.30. The smallest absolute Gasteiger partial charge is 0.222 e. The molecular formula is C20H41NO2S. The number of amides is 1. The molecule has 0 saturated heterocycles. The summed E-state index contributed by atoms with van der Waals surface area (Å²) in [7, 11) is 0. The SMILES string of the molecule is CCCNC(=O)CC(CC)(CC)OCCC(CC)(CC)SCCC. The summed E-state index contributed by atoms with van der Waals surface area (Å²) in [5, 5.41) is 2.99. The zero-order valence-electron chi connectivity index (χ0n) is 17.0. The first-order chi connectivity index (χ1) is 11.5. The summed E-state index contributed by atoms with van der Waals surface area (Å²) < 4.78 is 6.67. The first kappa shape index (κ1) is 23.8. The largest absolute Gasteiger partial charge is 0.374 e. The van der Waals surface area contributed by atoms with Crippen LogP contribution in [-0.4, -0.2) is 35.2 Å². The van der Waals surface area contributed by atoms with E-state index in [0.29, 0.717) is 11.2 Å². The standard InChI is InChI=1S/C20H41NO2S/c1-7-14-21-18(22)17-19(9-3,10-4)23-15-13-20(11-5,12-6)24-16-8-2/h7-17H2,1-6H3,(H,21,22). The van der Waals surface area contributed by atoms with Crippen molar-refractivity contribution < 1.29 is 9.53 Å². The van der Waals surface area contributed by atoms with Crippen molar-refractivity contribution >= 4 is 17.7 Å². The summed E-state index contributed by atoms with van der Waals surface area (Å²) in [5.74, 6) is 1.34. The predicted octanol–water partition coefficient (Wildman–Crippen LogP) is 5.57. The third-order valence-corrected chi connectivity index (χ3v) is 7.22. The average molecular weight is 360 g/mol. The topological polar surface area (TPSA) is 38.3 Å². The Hall–Kier alpha value is -0.220. The molecule has 0 rings (SSSR count). The molecule has 0 aromatic heterocycles. The molecule has 3 nitrogen and oxygen atoms in total. The zero-order chi connectivity index (χ0) is 18.5. The van der Waals surface area contributed by atoms with Gasteiger partial charge in [-0.25, -0.2) is 0 Å². The highest BCUT2D eigenvalue weighted by molar-refractivity contribution is 8.00. The molecule has 0 fully saturated rings. The van der Waals surface area contributed by atoms with Crippen molar-refractivity contribution in [2.75, 3.05) is 18.9 Å². The molecule has 1 N–H and O–H groups in total. The molecule has 0 radical (unpaired) electrons. The minimum atomic E-state index is -0.305. The highest BCUT2D eigenvalue weighted by Gasteiger charge is 2.32. The van der Waals surface area contributed by atoms with Gasteiger partial charge in [-0.2, -0.15) is 11.8 Å². The Morgan fingerprint density at radius 3 is 2.04 bits per heavy atom. The summed E-state index contributed by atoms with van der Waals surface area (Å²) in [4.78, 5) is 12.2. The molecule has 0 bridgehead atoms. The van der Waals surface area contributed by atoms with Crippen molar-refractivity contribution in [2.45, 2.75) is 103 Å². The van der Waals surface area contributed by atoms with Crippen LogP contribution in [0.2, 0.25) is 0 Å². The Morgan fingerprint density at radius 2 is 1.58 bits per heavy atom. The number of nitrogens with one attached hydrogen (secondary N) is 1. The number of carbonyl (C=O) groups is 1. The van der Waals surface area contributed by atoms with Gasteiger partial charge in [0.05, 0.1) is 12.0 Å². The van der Waals surface area contributed by atoms with Gasteiger partial charge in [0.15, 0.2) is 0 Å². The van der Waals surface area contributed by atoms with Crippen LogP contribution in [0.5, 0.6) is 0 Å². The Balaban J connectivity index is 4.67. The lowest BCUT2D eigenvalue weighted by atomic mass is 9.92. The fraction of sp³-hybridized carbons (Fsp3) is 0.950. The van der Waals surface area contributed by atoms with Gasteiger partial charge in [0, 0.05) is 17.9 Å². The van der Waals surface area contributed by atoms with Crippen molar-refractivity contribution in [3.8, 4) is 0 Å². The van der Waals surface area contributed by atoms with E-state index < -0.39 is 0 Å². The van der Waals surface area contributed by atoms with E-state index in [1.165, 1.54) is 25.0 Å². The minimum Gasteiger partial charge on any atom is -0.374 e. The van der Waals surface area contributed by atoms with E-state index in [2.05, 4.69) is 58.6 Å². The maximum atomic E-state index is 12.2. The highest BCUT2D eigenvalue weighted by atomic mass is 32.2. The second kappa shape index (κ2) is 13.0. The van der Waals surface area contributed by atoms with Crippen LogP contribution in [0.15, 0.2) is 0 Å². The molecule has 0 saturated carbocycles. The maximum Gasteiger partial charge on any atom is 0.222 e. The molecule has 0 aliphatic carbocycles. The van der Waals surface area contributed by atoms with Gasteiger partial charge in [0.25, 0.3) is 0 Å². The van der Waals surface area contributed by atoms with E-state index in [1.807, 2.05) is 0 Å². The van der Waals surface area contributed by atoms with Crippen LogP contribution in [0.25, 0.3) is 0 Å². The van der Waals surface area contributed by atoms with E-state index in [4.69, 9.17) is 4.74 Å². The second-order valence-electron chi connectivity index (χ2n) is 6.75. The van der Waals surface area contributed by atoms with Gasteiger partial charge in [-0.1, -0.05) is 41.5 Å². The van der Waals surface area contributed by atoms with Crippen LogP contribution >= 0.6 is 11.8 Å². The van der Waals surface area contributed by atoms with Crippen molar-refractivity contribution in [1.82, 2.24) is 5.32 Å². The molecular weight excluding hydrogens is 318 g/mol. The van der Waals surface area contributed by atoms with Crippen LogP contribution in [0.1, 0.15) is 92.9 Å². The summed E-state index contributed by atoms with van der Waals surface area (Å²) in [6, 6.07) is 0. The molecule has 0 spiro atoms. The third kappa shape index (κ3) is 8.24. The third-order valence-electron chi connectivity index (χ3n) is 5.21. The molecule has 0 aromatic rings. The Labute approximate surface area is 155 Å². The zero-order valence-corrected chi connectivity index (χ0v) is 17.8. The van der Waals surface area contributed by atoms with Crippen LogP contribution in [0.4, 0.5) is 0 Å². The van der Waals surface area contributed by atoms with Crippen LogP contribution < -0.4 is 5.32 Å². The van der Waals surface area contributed by atoms with Crippen LogP contribution in [0.3, 0.4) is 0 Å². The molecule has 0 aliphatic rings. The highest BCUT2D eigenvalue weighted by Crippen LogP contribution is 2.37. The van der Waals surface area contributed by atoms with Crippen molar-refractivity contribution in [2.24, 2.45) is 0 Å². The molecule has 24 heavy (non-hydrogen) atoms. The number of hydrogen-bond donors (Lipinski definition) is 1. The van der Waals surface area contributed by atoms with Gasteiger partial charge in [-0.3, -0.25) is 4.79 Å². The van der Waals surface area contributed by atoms with E-state index in [9.17, 15) is 4.79 Å². The average Bonchev–Trinajstić information content (AvgIpc) is 2.62. The number of hydrogen-bond acceptors (Lipinski definition) is 3. The van der Waals surface area contributed by atoms with Gasteiger partial charge in [0.1, 0.15) is 0 Å².